The summed E-state index contributed by atoms with van der Waals surface area (Å²) in [5.74, 6) is 0. The van der Waals surface area contributed by atoms with E-state index in [1.807, 2.05) is 11.4 Å². The molecule has 0 unspecified atom stereocenters. The Hall–Kier alpha value is 2.30. The maximum absolute atomic E-state index is 5.97. The van der Waals surface area contributed by atoms with Crippen LogP contribution in [0.5, 0.6) is 0 Å². The molecule has 0 spiro atoms. The third-order valence-electron chi connectivity index (χ3n) is 1.51. The molecule has 0 atom stereocenters. The molecule has 0 radical (unpaired) electrons. The molecule has 0 N–H and O–H groups in total. The number of hydrogen-bond donors (Lipinski definition) is 0. The zero-order valence-electron chi connectivity index (χ0n) is 10.6. The Balaban J connectivity index is 0. The summed E-state index contributed by atoms with van der Waals surface area (Å²) < 4.78 is 5.97. The van der Waals surface area contributed by atoms with Crippen LogP contribution >= 0.6 is 56.5 Å². The zero-order valence-corrected chi connectivity index (χ0v) is 19.4. The average Bonchev–Trinajstić information content (AvgIpc) is 1.97. The van der Waals surface area contributed by atoms with Gasteiger partial charge in [-0.2, -0.15) is 0 Å². The van der Waals surface area contributed by atoms with E-state index in [9.17, 15) is 0 Å². The Morgan fingerprint density at radius 2 is 0.944 bits per heavy atom. The molecule has 0 amide bonds. The van der Waals surface area contributed by atoms with Crippen molar-refractivity contribution in [2.75, 3.05) is 0 Å². The number of hydrogen-bond acceptors (Lipinski definition) is 1. The minimum absolute atomic E-state index is 1.58. The molecule has 10 heteroatoms. The molecule has 18 heavy (non-hydrogen) atoms. The molecular formula is C8H18Cl6OPtSi2. The topological polar surface area (TPSA) is 9.23 Å². The zero-order chi connectivity index (χ0) is 15.5. The molecular weight excluding hydrogens is 576 g/mol. The fraction of sp³-hybridized carbons (Fsp3) is 0.500. The van der Waals surface area contributed by atoms with Gasteiger partial charge in [-0.05, 0) is 26.2 Å². The quantitative estimate of drug-likeness (QED) is 0.319. The summed E-state index contributed by atoms with van der Waals surface area (Å²) in [6, 6.07) is 0. The van der Waals surface area contributed by atoms with Crippen molar-refractivity contribution in [1.82, 2.24) is 0 Å². The normalized spacial score (nSPS) is 16.8. The second-order valence-corrected chi connectivity index (χ2v) is 61.7. The van der Waals surface area contributed by atoms with Gasteiger partial charge in [-0.25, -0.2) is 0 Å². The molecule has 0 aliphatic heterocycles. The van der Waals surface area contributed by atoms with E-state index in [0.717, 1.165) is 0 Å². The van der Waals surface area contributed by atoms with E-state index in [0.29, 0.717) is 0 Å². The summed E-state index contributed by atoms with van der Waals surface area (Å²) in [4.78, 5) is 0. The van der Waals surface area contributed by atoms with Gasteiger partial charge in [0.15, 0.2) is 16.6 Å². The Morgan fingerprint density at radius 3 is 1.06 bits per heavy atom. The molecule has 116 valence electrons. The van der Waals surface area contributed by atoms with Crippen LogP contribution in [-0.2, 0) is 11.4 Å². The van der Waals surface area contributed by atoms with Gasteiger partial charge >= 0.3 is 63.8 Å². The van der Waals surface area contributed by atoms with E-state index < -0.39 is 23.9 Å². The monoisotopic (exact) mass is 591 g/mol. The van der Waals surface area contributed by atoms with Crippen molar-refractivity contribution in [3.05, 3.63) is 24.6 Å². The summed E-state index contributed by atoms with van der Waals surface area (Å²) in [7, 11) is 21.9. The summed E-state index contributed by atoms with van der Waals surface area (Å²) in [5, 5.41) is 0. The average molecular weight is 594 g/mol. The van der Waals surface area contributed by atoms with Crippen molar-refractivity contribution in [2.45, 2.75) is 26.2 Å². The molecule has 0 aromatic heterocycles. The summed E-state index contributed by atoms with van der Waals surface area (Å²) in [6.45, 7) is 16.2. The van der Waals surface area contributed by atoms with Crippen molar-refractivity contribution < 1.29 is 11.4 Å². The van der Waals surface area contributed by atoms with Crippen molar-refractivity contribution in [1.29, 1.82) is 0 Å². The molecule has 0 aromatic rings. The van der Waals surface area contributed by atoms with Crippen LogP contribution in [0.4, 0.5) is 0 Å². The van der Waals surface area contributed by atoms with Crippen LogP contribution in [0.3, 0.4) is 0 Å². The summed E-state index contributed by atoms with van der Waals surface area (Å²) in [6.07, 6.45) is 0. The molecule has 0 saturated heterocycles. The van der Waals surface area contributed by atoms with Gasteiger partial charge in [-0.15, -0.1) is 13.2 Å². The molecule has 0 rings (SSSR count). The predicted octanol–water partition coefficient (Wildman–Crippen LogP) is 7.00. The first kappa shape index (κ1) is 22.6. The first-order chi connectivity index (χ1) is 7.28. The van der Waals surface area contributed by atoms with Gasteiger partial charge in [0, 0.05) is 0 Å². The van der Waals surface area contributed by atoms with Gasteiger partial charge < -0.3 is 4.12 Å². The number of halogens is 6. The first-order valence-electron chi connectivity index (χ1n) is 4.52. The van der Waals surface area contributed by atoms with Crippen molar-refractivity contribution in [2.24, 2.45) is 0 Å². The SMILES string of the molecule is C=C[Si](C)(C)O[Si](C)(C)C=C.[Cl][Pt]([Cl])([Cl])([Cl])([Cl])[Cl]. The van der Waals surface area contributed by atoms with Crippen molar-refractivity contribution in [3.63, 3.8) is 0 Å². The van der Waals surface area contributed by atoms with E-state index >= 15 is 0 Å². The Kier molecular flexibility index (Phi) is 7.77. The molecule has 0 aromatic carbocycles. The van der Waals surface area contributed by atoms with Gasteiger partial charge in [0.2, 0.25) is 0 Å². The van der Waals surface area contributed by atoms with E-state index in [1.54, 1.807) is 0 Å². The maximum atomic E-state index is 5.97. The van der Waals surface area contributed by atoms with Gasteiger partial charge in [0.25, 0.3) is 0 Å². The van der Waals surface area contributed by atoms with Crippen LogP contribution in [0.2, 0.25) is 26.2 Å². The van der Waals surface area contributed by atoms with E-state index in [4.69, 9.17) is 60.6 Å². The molecule has 1 nitrogen and oxygen atoms in total. The third kappa shape index (κ3) is 26.8. The van der Waals surface area contributed by atoms with Crippen LogP contribution in [0.25, 0.3) is 0 Å². The molecule has 0 heterocycles. The van der Waals surface area contributed by atoms with Crippen LogP contribution in [0, 0.1) is 0 Å². The van der Waals surface area contributed by atoms with Gasteiger partial charge in [-0.1, -0.05) is 11.4 Å². The van der Waals surface area contributed by atoms with Gasteiger partial charge in [-0.3, -0.25) is 0 Å². The number of rotatable bonds is 4. The van der Waals surface area contributed by atoms with Crippen LogP contribution in [0.15, 0.2) is 24.6 Å². The minimum atomic E-state index is -5.29. The molecule has 0 bridgehead atoms. The second kappa shape index (κ2) is 6.20. The second-order valence-electron chi connectivity index (χ2n) is 4.39. The van der Waals surface area contributed by atoms with E-state index in [2.05, 4.69) is 39.3 Å². The summed E-state index contributed by atoms with van der Waals surface area (Å²) in [5.41, 5.74) is 3.93. The van der Waals surface area contributed by atoms with Crippen LogP contribution in [-0.4, -0.2) is 16.6 Å². The van der Waals surface area contributed by atoms with Gasteiger partial charge in [0.05, 0.1) is 0 Å². The van der Waals surface area contributed by atoms with E-state index in [-0.39, 0.29) is 0 Å². The standard InChI is InChI=1S/C8H18OSi2.6ClH.Pt/c1-7-10(3,4)9-11(5,6)8-2;;;;;;;/h7-8H,1-2H2,3-6H3;6*1H;/q;;;;;;;+6/p-6. The van der Waals surface area contributed by atoms with Crippen molar-refractivity contribution in [3.8, 4) is 0 Å². The fourth-order valence-electron chi connectivity index (χ4n) is 0.761. The van der Waals surface area contributed by atoms with Crippen LogP contribution in [0.1, 0.15) is 0 Å². The Bertz CT molecular complexity index is 291. The predicted molar refractivity (Wildman–Crippen MR) is 91.6 cm³/mol. The molecule has 0 fully saturated rings. The first-order valence-corrected chi connectivity index (χ1v) is 27.4. The fourth-order valence-corrected chi connectivity index (χ4v) is 6.85. The van der Waals surface area contributed by atoms with E-state index in [1.165, 1.54) is 0 Å². The third-order valence-corrected chi connectivity index (χ3v) is 7.68. The molecule has 0 saturated carbocycles. The Labute approximate surface area is 134 Å². The van der Waals surface area contributed by atoms with Crippen molar-refractivity contribution >= 4 is 73.1 Å². The molecule has 0 aliphatic carbocycles. The van der Waals surface area contributed by atoms with Gasteiger partial charge in [0.1, 0.15) is 0 Å². The Morgan fingerprint density at radius 1 is 0.778 bits per heavy atom. The van der Waals surface area contributed by atoms with Crippen LogP contribution < -0.4 is 0 Å². The summed E-state index contributed by atoms with van der Waals surface area (Å²) >= 11 is 0. The molecule has 0 aliphatic rings.